The summed E-state index contributed by atoms with van der Waals surface area (Å²) in [5.74, 6) is -1.34. The van der Waals surface area contributed by atoms with E-state index in [2.05, 4.69) is 31.1 Å². The Morgan fingerprint density at radius 3 is 1.56 bits per heavy atom. The molecule has 4 heteroatoms. The zero-order valence-electron chi connectivity index (χ0n) is 9.52. The molecular weight excluding hydrogens is 208 g/mol. The van der Waals surface area contributed by atoms with Crippen molar-refractivity contribution in [3.63, 3.8) is 0 Å². The first kappa shape index (κ1) is 19.5. The minimum Gasteiger partial charge on any atom is -0.478 e. The van der Waals surface area contributed by atoms with Gasteiger partial charge in [-0.3, -0.25) is 0 Å². The fraction of sp³-hybridized carbons (Fsp3) is 0.167. The van der Waals surface area contributed by atoms with Gasteiger partial charge in [0.1, 0.15) is 0 Å². The Morgan fingerprint density at radius 2 is 1.50 bits per heavy atom. The van der Waals surface area contributed by atoms with Gasteiger partial charge < -0.3 is 9.84 Å². The minimum atomic E-state index is -0.981. The van der Waals surface area contributed by atoms with Crippen molar-refractivity contribution < 1.29 is 19.4 Å². The lowest BCUT2D eigenvalue weighted by molar-refractivity contribution is -0.137. The molecule has 0 radical (unpaired) electrons. The second kappa shape index (κ2) is 18.6. The molecule has 0 amide bonds. The van der Waals surface area contributed by atoms with Crippen molar-refractivity contribution in [3.8, 4) is 0 Å². The standard InChI is InChI=1S/C5H8O2.C4H6.C3H4O2/c1-3-5(6)7-4-2;1-3-4-2;1-2-3(4)5/h3H,1,4H2,2H3;3-4H,1-2H2;2H,1H2,(H,4,5). The van der Waals surface area contributed by atoms with Gasteiger partial charge in [-0.1, -0.05) is 38.5 Å². The smallest absolute Gasteiger partial charge is 0.330 e. The Balaban J connectivity index is -0.000000166. The number of allylic oxidation sites excluding steroid dienone is 2. The summed E-state index contributed by atoms with van der Waals surface area (Å²) in [6.07, 6.45) is 5.25. The van der Waals surface area contributed by atoms with Gasteiger partial charge in [-0.05, 0) is 6.92 Å². The summed E-state index contributed by atoms with van der Waals surface area (Å²) in [5.41, 5.74) is 0. The largest absolute Gasteiger partial charge is 0.478 e. The summed E-state index contributed by atoms with van der Waals surface area (Å²) in [6, 6.07) is 0. The first-order valence-corrected chi connectivity index (χ1v) is 4.38. The number of carboxylic acids is 1. The van der Waals surface area contributed by atoms with Crippen molar-refractivity contribution in [3.05, 3.63) is 50.6 Å². The van der Waals surface area contributed by atoms with Crippen molar-refractivity contribution in [2.75, 3.05) is 6.61 Å². The fourth-order valence-electron chi connectivity index (χ4n) is 0.201. The highest BCUT2D eigenvalue weighted by molar-refractivity contribution is 5.81. The van der Waals surface area contributed by atoms with Crippen molar-refractivity contribution in [2.45, 2.75) is 6.92 Å². The molecule has 0 aliphatic heterocycles. The average molecular weight is 226 g/mol. The topological polar surface area (TPSA) is 63.6 Å². The number of hydrogen-bond donors (Lipinski definition) is 1. The van der Waals surface area contributed by atoms with Crippen LogP contribution in [0.2, 0.25) is 0 Å². The Bertz CT molecular complexity index is 235. The monoisotopic (exact) mass is 226 g/mol. The van der Waals surface area contributed by atoms with Gasteiger partial charge in [0.25, 0.3) is 0 Å². The van der Waals surface area contributed by atoms with Gasteiger partial charge in [0.15, 0.2) is 0 Å². The van der Waals surface area contributed by atoms with E-state index in [1.54, 1.807) is 19.1 Å². The summed E-state index contributed by atoms with van der Waals surface area (Å²) in [4.78, 5) is 19.3. The number of ether oxygens (including phenoxy) is 1. The molecule has 0 rings (SSSR count). The van der Waals surface area contributed by atoms with Crippen molar-refractivity contribution in [2.24, 2.45) is 0 Å². The molecule has 0 unspecified atom stereocenters. The van der Waals surface area contributed by atoms with E-state index in [1.807, 2.05) is 0 Å². The molecule has 0 saturated carbocycles. The van der Waals surface area contributed by atoms with E-state index in [1.165, 1.54) is 0 Å². The second-order valence-corrected chi connectivity index (χ2v) is 1.97. The fourth-order valence-corrected chi connectivity index (χ4v) is 0.201. The van der Waals surface area contributed by atoms with E-state index in [9.17, 15) is 9.59 Å². The van der Waals surface area contributed by atoms with Crippen LogP contribution in [-0.4, -0.2) is 23.7 Å². The van der Waals surface area contributed by atoms with Crippen molar-refractivity contribution in [1.29, 1.82) is 0 Å². The molecule has 0 aromatic carbocycles. The molecule has 0 saturated heterocycles. The molecule has 0 fully saturated rings. The lowest BCUT2D eigenvalue weighted by Gasteiger charge is -1.90. The normalized spacial score (nSPS) is 6.56. The maximum absolute atomic E-state index is 10.1. The Hall–Kier alpha value is -2.10. The molecule has 0 aromatic rings. The van der Waals surface area contributed by atoms with Gasteiger partial charge >= 0.3 is 11.9 Å². The van der Waals surface area contributed by atoms with Gasteiger partial charge in [0.05, 0.1) is 6.61 Å². The molecule has 0 heterocycles. The third-order valence-corrected chi connectivity index (χ3v) is 0.795. The van der Waals surface area contributed by atoms with Crippen LogP contribution in [0.25, 0.3) is 0 Å². The van der Waals surface area contributed by atoms with Crippen LogP contribution >= 0.6 is 0 Å². The molecule has 0 aliphatic rings. The summed E-state index contributed by atoms with van der Waals surface area (Å²) in [6.45, 7) is 15.1. The van der Waals surface area contributed by atoms with Crippen LogP contribution in [0, 0.1) is 0 Å². The quantitative estimate of drug-likeness (QED) is 0.454. The molecule has 90 valence electrons. The number of hydrogen-bond acceptors (Lipinski definition) is 3. The number of esters is 1. The van der Waals surface area contributed by atoms with E-state index < -0.39 is 5.97 Å². The van der Waals surface area contributed by atoms with Crippen LogP contribution in [-0.2, 0) is 14.3 Å². The van der Waals surface area contributed by atoms with Gasteiger partial charge in [-0.2, -0.15) is 0 Å². The van der Waals surface area contributed by atoms with Crippen LogP contribution in [0.4, 0.5) is 0 Å². The summed E-state index contributed by atoms with van der Waals surface area (Å²) < 4.78 is 4.43. The Kier molecular flexibility index (Phi) is 22.7. The van der Waals surface area contributed by atoms with Crippen LogP contribution in [0.1, 0.15) is 6.92 Å². The molecule has 0 spiro atoms. The summed E-state index contributed by atoms with van der Waals surface area (Å²) in [5, 5.41) is 7.60. The van der Waals surface area contributed by atoms with Crippen LogP contribution in [0.15, 0.2) is 50.6 Å². The number of rotatable bonds is 4. The lowest BCUT2D eigenvalue weighted by Crippen LogP contribution is -1.97. The highest BCUT2D eigenvalue weighted by Gasteiger charge is 1.86. The molecule has 0 aliphatic carbocycles. The Labute approximate surface area is 96.2 Å². The maximum Gasteiger partial charge on any atom is 0.330 e. The predicted octanol–water partition coefficient (Wildman–Crippen LogP) is 2.35. The van der Waals surface area contributed by atoms with E-state index in [0.29, 0.717) is 6.61 Å². The zero-order valence-corrected chi connectivity index (χ0v) is 9.52. The van der Waals surface area contributed by atoms with Crippen LogP contribution < -0.4 is 0 Å². The lowest BCUT2D eigenvalue weighted by atomic mass is 10.6. The van der Waals surface area contributed by atoms with E-state index in [-0.39, 0.29) is 5.97 Å². The van der Waals surface area contributed by atoms with Crippen LogP contribution in [0.5, 0.6) is 0 Å². The third kappa shape index (κ3) is 40.6. The number of carboxylic acid groups (broad SMARTS) is 1. The molecule has 16 heavy (non-hydrogen) atoms. The number of carbonyl (C=O) groups is 2. The first-order chi connectivity index (χ1) is 7.49. The maximum atomic E-state index is 10.1. The van der Waals surface area contributed by atoms with Gasteiger partial charge in [-0.25, -0.2) is 9.59 Å². The minimum absolute atomic E-state index is 0.359. The first-order valence-electron chi connectivity index (χ1n) is 4.38. The van der Waals surface area contributed by atoms with E-state index >= 15 is 0 Å². The van der Waals surface area contributed by atoms with Gasteiger partial charge in [0.2, 0.25) is 0 Å². The molecule has 0 aromatic heterocycles. The Morgan fingerprint density at radius 1 is 1.12 bits per heavy atom. The summed E-state index contributed by atoms with van der Waals surface area (Å²) in [7, 11) is 0. The molecule has 4 nitrogen and oxygen atoms in total. The number of aliphatic carboxylic acids is 1. The van der Waals surface area contributed by atoms with Crippen molar-refractivity contribution >= 4 is 11.9 Å². The van der Waals surface area contributed by atoms with Gasteiger partial charge in [-0.15, -0.1) is 0 Å². The summed E-state index contributed by atoms with van der Waals surface area (Å²) >= 11 is 0. The highest BCUT2D eigenvalue weighted by Crippen LogP contribution is 1.74. The van der Waals surface area contributed by atoms with Crippen LogP contribution in [0.3, 0.4) is 0 Å². The van der Waals surface area contributed by atoms with E-state index in [4.69, 9.17) is 5.11 Å². The number of carbonyl (C=O) groups excluding carboxylic acids is 1. The second-order valence-electron chi connectivity index (χ2n) is 1.97. The zero-order chi connectivity index (χ0) is 13.4. The SMILES string of the molecule is C=CC(=O)O.C=CC(=O)OCC.C=CC=C. The molecule has 1 N–H and O–H groups in total. The third-order valence-electron chi connectivity index (χ3n) is 0.795. The van der Waals surface area contributed by atoms with Crippen molar-refractivity contribution in [1.82, 2.24) is 0 Å². The highest BCUT2D eigenvalue weighted by atomic mass is 16.5. The predicted molar refractivity (Wildman–Crippen MR) is 65.1 cm³/mol. The molecule has 0 bridgehead atoms. The molecule has 0 atom stereocenters. The molecular formula is C12H18O4. The average Bonchev–Trinajstić information content (AvgIpc) is 2.30. The van der Waals surface area contributed by atoms with E-state index in [0.717, 1.165) is 12.2 Å². The van der Waals surface area contributed by atoms with Gasteiger partial charge in [0, 0.05) is 12.2 Å².